The Hall–Kier alpha value is -2.49. The van der Waals surface area contributed by atoms with Gasteiger partial charge in [0.25, 0.3) is 11.6 Å². The van der Waals surface area contributed by atoms with Gasteiger partial charge < -0.3 is 9.64 Å². The van der Waals surface area contributed by atoms with E-state index in [4.69, 9.17) is 4.74 Å². The first-order valence-electron chi connectivity index (χ1n) is 7.99. The topological polar surface area (TPSA) is 124 Å². The van der Waals surface area contributed by atoms with E-state index in [1.165, 1.54) is 37.1 Å². The van der Waals surface area contributed by atoms with Crippen LogP contribution >= 0.6 is 0 Å². The van der Waals surface area contributed by atoms with Gasteiger partial charge in [0.1, 0.15) is 0 Å². The van der Waals surface area contributed by atoms with Gasteiger partial charge >= 0.3 is 5.97 Å². The molecule has 0 aliphatic carbocycles. The van der Waals surface area contributed by atoms with E-state index in [2.05, 4.69) is 0 Å². The zero-order valence-electron chi connectivity index (χ0n) is 14.5. The fourth-order valence-electron chi connectivity index (χ4n) is 2.83. The van der Waals surface area contributed by atoms with E-state index in [9.17, 15) is 28.1 Å². The van der Waals surface area contributed by atoms with Crippen molar-refractivity contribution in [2.24, 2.45) is 0 Å². The molecule has 0 spiro atoms. The molecule has 0 aromatic heterocycles. The first kappa shape index (κ1) is 19.8. The third kappa shape index (κ3) is 4.78. The molecular weight excluding hydrogens is 364 g/mol. The molecule has 0 saturated carbocycles. The van der Waals surface area contributed by atoms with Gasteiger partial charge in [0.2, 0.25) is 0 Å². The SMILES string of the molecule is CC(OC(=O)Cc1ccccc1[N+](=O)[O-])C(=O)N(C)C1CCS(=O)(=O)C1. The average molecular weight is 384 g/mol. The molecule has 1 aromatic rings. The van der Waals surface area contributed by atoms with Crippen LogP contribution in [0.3, 0.4) is 0 Å². The third-order valence-corrected chi connectivity index (χ3v) is 6.03. The number of hydrogen-bond acceptors (Lipinski definition) is 7. The Balaban J connectivity index is 1.96. The Morgan fingerprint density at radius 1 is 1.38 bits per heavy atom. The minimum atomic E-state index is -3.14. The number of rotatable bonds is 6. The molecule has 26 heavy (non-hydrogen) atoms. The van der Waals surface area contributed by atoms with Crippen molar-refractivity contribution in [3.05, 3.63) is 39.9 Å². The van der Waals surface area contributed by atoms with E-state index in [1.54, 1.807) is 6.07 Å². The number of carbonyl (C=O) groups is 2. The summed E-state index contributed by atoms with van der Waals surface area (Å²) in [6.07, 6.45) is -1.10. The zero-order valence-corrected chi connectivity index (χ0v) is 15.3. The van der Waals surface area contributed by atoms with Crippen molar-refractivity contribution < 1.29 is 27.7 Å². The molecule has 1 saturated heterocycles. The van der Waals surface area contributed by atoms with Gasteiger partial charge in [-0.3, -0.25) is 19.7 Å². The Morgan fingerprint density at radius 2 is 2.04 bits per heavy atom. The molecule has 0 radical (unpaired) electrons. The van der Waals surface area contributed by atoms with Crippen molar-refractivity contribution in [1.29, 1.82) is 0 Å². The fourth-order valence-corrected chi connectivity index (χ4v) is 4.61. The second-order valence-electron chi connectivity index (χ2n) is 6.20. The number of para-hydroxylation sites is 1. The van der Waals surface area contributed by atoms with E-state index >= 15 is 0 Å². The normalized spacial score (nSPS) is 19.5. The summed E-state index contributed by atoms with van der Waals surface area (Å²) >= 11 is 0. The summed E-state index contributed by atoms with van der Waals surface area (Å²) in [7, 11) is -1.67. The van der Waals surface area contributed by atoms with Crippen LogP contribution in [0, 0.1) is 10.1 Å². The number of amides is 1. The largest absolute Gasteiger partial charge is 0.452 e. The minimum Gasteiger partial charge on any atom is -0.452 e. The van der Waals surface area contributed by atoms with Gasteiger partial charge in [-0.15, -0.1) is 0 Å². The molecule has 2 unspecified atom stereocenters. The molecule has 1 heterocycles. The Kier molecular flexibility index (Phi) is 5.96. The Labute approximate surface area is 151 Å². The predicted octanol–water partition coefficient (Wildman–Crippen LogP) is 0.715. The lowest BCUT2D eigenvalue weighted by Gasteiger charge is -2.26. The molecule has 1 aliphatic heterocycles. The number of nitro groups is 1. The average Bonchev–Trinajstić information content (AvgIpc) is 2.93. The van der Waals surface area contributed by atoms with Gasteiger partial charge in [0.05, 0.1) is 22.8 Å². The van der Waals surface area contributed by atoms with E-state index in [0.717, 1.165) is 0 Å². The van der Waals surface area contributed by atoms with Crippen LogP contribution in [-0.2, 0) is 30.6 Å². The van der Waals surface area contributed by atoms with Gasteiger partial charge in [-0.2, -0.15) is 0 Å². The monoisotopic (exact) mass is 384 g/mol. The second-order valence-corrected chi connectivity index (χ2v) is 8.43. The first-order chi connectivity index (χ1) is 12.1. The number of nitrogens with zero attached hydrogens (tertiary/aromatic N) is 2. The smallest absolute Gasteiger partial charge is 0.311 e. The van der Waals surface area contributed by atoms with Crippen LogP contribution in [-0.4, -0.2) is 60.8 Å². The van der Waals surface area contributed by atoms with Crippen molar-refractivity contribution in [3.8, 4) is 0 Å². The lowest BCUT2D eigenvalue weighted by molar-refractivity contribution is -0.385. The molecule has 0 bridgehead atoms. The Morgan fingerprint density at radius 3 is 2.62 bits per heavy atom. The van der Waals surface area contributed by atoms with E-state index in [1.807, 2.05) is 0 Å². The van der Waals surface area contributed by atoms with Crippen LogP contribution in [0.25, 0.3) is 0 Å². The number of carbonyl (C=O) groups excluding carboxylic acids is 2. The van der Waals surface area contributed by atoms with Crippen LogP contribution in [0.15, 0.2) is 24.3 Å². The summed E-state index contributed by atoms with van der Waals surface area (Å²) in [4.78, 5) is 36.0. The second kappa shape index (κ2) is 7.81. The number of ether oxygens (including phenoxy) is 1. The van der Waals surface area contributed by atoms with Crippen molar-refractivity contribution in [2.45, 2.75) is 31.9 Å². The standard InChI is InChI=1S/C16H20N2O7S/c1-11(16(20)17(2)13-7-8-26(23,24)10-13)25-15(19)9-12-5-3-4-6-14(12)18(21)22/h3-6,11,13H,7-10H2,1-2H3. The number of sulfone groups is 1. The maximum Gasteiger partial charge on any atom is 0.311 e. The van der Waals surface area contributed by atoms with Gasteiger partial charge in [-0.25, -0.2) is 8.42 Å². The molecule has 0 N–H and O–H groups in total. The molecule has 10 heteroatoms. The molecular formula is C16H20N2O7S. The number of likely N-dealkylation sites (N-methyl/N-ethyl adjacent to an activating group) is 1. The van der Waals surface area contributed by atoms with Crippen LogP contribution in [0.5, 0.6) is 0 Å². The summed E-state index contributed by atoms with van der Waals surface area (Å²) < 4.78 is 28.1. The third-order valence-electron chi connectivity index (χ3n) is 4.28. The molecule has 1 aliphatic rings. The van der Waals surface area contributed by atoms with Crippen molar-refractivity contribution in [3.63, 3.8) is 0 Å². The minimum absolute atomic E-state index is 0.0289. The predicted molar refractivity (Wildman–Crippen MR) is 92.2 cm³/mol. The van der Waals surface area contributed by atoms with E-state index in [-0.39, 0.29) is 29.2 Å². The van der Waals surface area contributed by atoms with E-state index in [0.29, 0.717) is 6.42 Å². The van der Waals surface area contributed by atoms with Gasteiger partial charge in [0, 0.05) is 24.7 Å². The van der Waals surface area contributed by atoms with Crippen LogP contribution < -0.4 is 0 Å². The van der Waals surface area contributed by atoms with E-state index < -0.39 is 38.8 Å². The zero-order chi connectivity index (χ0) is 19.5. The lowest BCUT2D eigenvalue weighted by Crippen LogP contribution is -2.44. The van der Waals surface area contributed by atoms with Gasteiger partial charge in [-0.1, -0.05) is 18.2 Å². The lowest BCUT2D eigenvalue weighted by atomic mass is 10.1. The van der Waals surface area contributed by atoms with Gasteiger partial charge in [-0.05, 0) is 13.3 Å². The summed E-state index contributed by atoms with van der Waals surface area (Å²) in [6.45, 7) is 1.39. The molecule has 9 nitrogen and oxygen atoms in total. The number of hydrogen-bond donors (Lipinski definition) is 0. The molecule has 1 fully saturated rings. The maximum atomic E-state index is 12.3. The Bertz CT molecular complexity index is 822. The highest BCUT2D eigenvalue weighted by molar-refractivity contribution is 7.91. The highest BCUT2D eigenvalue weighted by Gasteiger charge is 2.35. The first-order valence-corrected chi connectivity index (χ1v) is 9.81. The maximum absolute atomic E-state index is 12.3. The summed E-state index contributed by atoms with van der Waals surface area (Å²) in [5.41, 5.74) is -0.00546. The highest BCUT2D eigenvalue weighted by atomic mass is 32.2. The van der Waals surface area contributed by atoms with Gasteiger partial charge in [0.15, 0.2) is 15.9 Å². The molecule has 1 aromatic carbocycles. The van der Waals surface area contributed by atoms with Crippen LogP contribution in [0.1, 0.15) is 18.9 Å². The van der Waals surface area contributed by atoms with Crippen molar-refractivity contribution >= 4 is 27.4 Å². The number of esters is 1. The van der Waals surface area contributed by atoms with Crippen LogP contribution in [0.4, 0.5) is 5.69 Å². The quantitative estimate of drug-likeness (QED) is 0.402. The highest BCUT2D eigenvalue weighted by Crippen LogP contribution is 2.20. The van der Waals surface area contributed by atoms with Crippen molar-refractivity contribution in [2.75, 3.05) is 18.6 Å². The molecule has 2 rings (SSSR count). The summed E-state index contributed by atoms with van der Waals surface area (Å²) in [5.74, 6) is -1.36. The molecule has 2 atom stereocenters. The van der Waals surface area contributed by atoms with Crippen LogP contribution in [0.2, 0.25) is 0 Å². The fraction of sp³-hybridized carbons (Fsp3) is 0.500. The van der Waals surface area contributed by atoms with Crippen molar-refractivity contribution in [1.82, 2.24) is 4.90 Å². The number of nitro benzene ring substituents is 1. The summed E-state index contributed by atoms with van der Waals surface area (Å²) in [5, 5.41) is 11.0. The molecule has 1 amide bonds. The number of benzene rings is 1. The summed E-state index contributed by atoms with van der Waals surface area (Å²) in [6, 6.07) is 5.35. The molecule has 142 valence electrons.